The van der Waals surface area contributed by atoms with Crippen LogP contribution in [0.2, 0.25) is 0 Å². The summed E-state index contributed by atoms with van der Waals surface area (Å²) in [6, 6.07) is 62.8. The molecule has 4 heteroatoms. The van der Waals surface area contributed by atoms with E-state index in [0.717, 1.165) is 39.7 Å². The van der Waals surface area contributed by atoms with Crippen LogP contribution in [0.5, 0.6) is 0 Å². The van der Waals surface area contributed by atoms with E-state index in [4.69, 9.17) is 15.0 Å². The zero-order chi connectivity index (χ0) is 39.8. The molecule has 286 valence electrons. The van der Waals surface area contributed by atoms with Crippen LogP contribution in [0.4, 0.5) is 0 Å². The lowest BCUT2D eigenvalue weighted by Crippen LogP contribution is -2.55. The van der Waals surface area contributed by atoms with Crippen LogP contribution in [-0.2, 0) is 5.41 Å². The molecule has 0 atom stereocenters. The molecule has 13 rings (SSSR count). The van der Waals surface area contributed by atoms with Crippen LogP contribution in [0.25, 0.3) is 78.7 Å². The van der Waals surface area contributed by atoms with Gasteiger partial charge in [0.1, 0.15) is 0 Å². The van der Waals surface area contributed by atoms with Gasteiger partial charge in [0.2, 0.25) is 0 Å². The number of hydrogen-bond acceptors (Lipinski definition) is 4. The molecule has 1 spiro atoms. The molecule has 60 heavy (non-hydrogen) atoms. The van der Waals surface area contributed by atoms with E-state index in [1.54, 1.807) is 11.1 Å². The first-order valence-electron chi connectivity index (χ1n) is 21.5. The third kappa shape index (κ3) is 5.46. The van der Waals surface area contributed by atoms with E-state index in [0.29, 0.717) is 34.9 Å². The molecule has 5 aliphatic carbocycles. The lowest BCUT2D eigenvalue weighted by atomic mass is 9.43. The zero-order valence-corrected chi connectivity index (χ0v) is 33.3. The predicted octanol–water partition coefficient (Wildman–Crippen LogP) is 13.5. The average molecular weight is 771 g/mol. The number of aromatic nitrogens is 3. The van der Waals surface area contributed by atoms with Crippen molar-refractivity contribution in [3.63, 3.8) is 0 Å². The molecular formula is C56H42N4. The minimum atomic E-state index is 0.0633. The van der Waals surface area contributed by atoms with E-state index in [1.807, 2.05) is 84.9 Å². The van der Waals surface area contributed by atoms with Crippen LogP contribution >= 0.6 is 0 Å². The van der Waals surface area contributed by atoms with Crippen LogP contribution in [-0.4, -0.2) is 15.0 Å². The van der Waals surface area contributed by atoms with Crippen molar-refractivity contribution < 1.29 is 0 Å². The topological polar surface area (TPSA) is 62.5 Å². The summed E-state index contributed by atoms with van der Waals surface area (Å²) in [5, 5.41) is 9.83. The molecular weight excluding hydrogens is 729 g/mol. The summed E-state index contributed by atoms with van der Waals surface area (Å²) in [7, 11) is 0. The Labute approximate surface area is 351 Å². The smallest absolute Gasteiger partial charge is 0.164 e. The SMILES string of the molecule is N#Cc1ccccc1-c1ccc(-c2cccc3c2-c2cc(-c4ccc(-c5nc(-c6ccccc6)nc(-c6ccccc6)n5)cc4)ccc2C32C3CC4CC(C3)CC2C4)cc1. The molecule has 0 saturated heterocycles. The number of benzene rings is 7. The van der Waals surface area contributed by atoms with Gasteiger partial charge in [0.05, 0.1) is 11.6 Å². The van der Waals surface area contributed by atoms with Gasteiger partial charge in [-0.05, 0) is 124 Å². The van der Waals surface area contributed by atoms with Crippen molar-refractivity contribution in [3.05, 3.63) is 187 Å². The zero-order valence-electron chi connectivity index (χ0n) is 33.3. The first-order valence-corrected chi connectivity index (χ1v) is 21.5. The van der Waals surface area contributed by atoms with Gasteiger partial charge in [0, 0.05) is 22.1 Å². The van der Waals surface area contributed by atoms with Crippen molar-refractivity contribution in [2.24, 2.45) is 23.7 Å². The Balaban J connectivity index is 0.965. The molecule has 0 unspecified atom stereocenters. The van der Waals surface area contributed by atoms with Gasteiger partial charge in [-0.15, -0.1) is 0 Å². The number of hydrogen-bond donors (Lipinski definition) is 0. The van der Waals surface area contributed by atoms with Gasteiger partial charge in [0.15, 0.2) is 17.5 Å². The fourth-order valence-electron chi connectivity index (χ4n) is 12.1. The Morgan fingerprint density at radius 3 is 1.48 bits per heavy atom. The van der Waals surface area contributed by atoms with Crippen LogP contribution < -0.4 is 0 Å². The maximum absolute atomic E-state index is 9.83. The molecule has 1 heterocycles. The fourth-order valence-corrected chi connectivity index (χ4v) is 12.1. The molecule has 4 saturated carbocycles. The number of nitriles is 1. The molecule has 0 aliphatic heterocycles. The Bertz CT molecular complexity index is 2900. The van der Waals surface area contributed by atoms with E-state index in [1.165, 1.54) is 65.5 Å². The second-order valence-corrected chi connectivity index (χ2v) is 17.5. The number of fused-ring (bicyclic) bond motifs is 3. The van der Waals surface area contributed by atoms with Crippen molar-refractivity contribution in [1.29, 1.82) is 5.26 Å². The van der Waals surface area contributed by atoms with Crippen LogP contribution in [0.1, 0.15) is 48.8 Å². The largest absolute Gasteiger partial charge is 0.208 e. The quantitative estimate of drug-likeness (QED) is 0.169. The molecule has 4 fully saturated rings. The number of rotatable bonds is 6. The predicted molar refractivity (Wildman–Crippen MR) is 240 cm³/mol. The first-order chi connectivity index (χ1) is 29.6. The normalized spacial score (nSPS) is 21.7. The van der Waals surface area contributed by atoms with E-state index >= 15 is 0 Å². The Morgan fingerprint density at radius 2 is 0.883 bits per heavy atom. The van der Waals surface area contributed by atoms with Crippen molar-refractivity contribution in [2.75, 3.05) is 0 Å². The third-order valence-electron chi connectivity index (χ3n) is 14.4. The second-order valence-electron chi connectivity index (χ2n) is 17.5. The monoisotopic (exact) mass is 770 g/mol. The maximum atomic E-state index is 9.83. The molecule has 0 N–H and O–H groups in total. The van der Waals surface area contributed by atoms with Gasteiger partial charge in [-0.25, -0.2) is 15.0 Å². The fraction of sp³-hybridized carbons (Fsp3) is 0.179. The first kappa shape index (κ1) is 35.0. The van der Waals surface area contributed by atoms with Crippen molar-refractivity contribution >= 4 is 0 Å². The van der Waals surface area contributed by atoms with Gasteiger partial charge >= 0.3 is 0 Å². The van der Waals surface area contributed by atoms with E-state index < -0.39 is 0 Å². The van der Waals surface area contributed by atoms with E-state index in [9.17, 15) is 5.26 Å². The summed E-state index contributed by atoms with van der Waals surface area (Å²) in [6.45, 7) is 0. The molecule has 0 radical (unpaired) electrons. The highest BCUT2D eigenvalue weighted by Crippen LogP contribution is 2.70. The lowest BCUT2D eigenvalue weighted by molar-refractivity contribution is -0.0399. The standard InChI is InChI=1S/C56H42N4/c57-34-44-14-7-8-15-47(44)38-20-22-39(23-21-38)48-16-9-17-51-52(48)49-33-43(26-27-50(49)56(51)45-29-35-28-36(31-45)32-46(56)30-35)37-18-24-42(25-19-37)55-59-53(40-10-3-1-4-11-40)58-54(60-55)41-12-5-2-6-13-41/h1-27,33,35-36,45-46H,28-32H2. The molecule has 7 aromatic carbocycles. The molecule has 5 aliphatic rings. The van der Waals surface area contributed by atoms with Crippen molar-refractivity contribution in [2.45, 2.75) is 37.5 Å². The van der Waals surface area contributed by atoms with Crippen LogP contribution in [0, 0.1) is 35.0 Å². The lowest BCUT2D eigenvalue weighted by Gasteiger charge is -2.61. The summed E-state index contributed by atoms with van der Waals surface area (Å²) < 4.78 is 0. The van der Waals surface area contributed by atoms with E-state index in [-0.39, 0.29) is 5.41 Å². The van der Waals surface area contributed by atoms with Gasteiger partial charge < -0.3 is 0 Å². The average Bonchev–Trinajstić information content (AvgIpc) is 3.61. The molecule has 4 bridgehead atoms. The van der Waals surface area contributed by atoms with Gasteiger partial charge in [0.25, 0.3) is 0 Å². The molecule has 8 aromatic rings. The van der Waals surface area contributed by atoms with Crippen LogP contribution in [0.3, 0.4) is 0 Å². The molecule has 0 amide bonds. The highest BCUT2D eigenvalue weighted by molar-refractivity contribution is 5.95. The Hall–Kier alpha value is -6.96. The Kier molecular flexibility index (Phi) is 8.07. The summed E-state index contributed by atoms with van der Waals surface area (Å²) in [5.41, 5.74) is 16.5. The van der Waals surface area contributed by atoms with Gasteiger partial charge in [-0.1, -0.05) is 158 Å². The third-order valence-corrected chi connectivity index (χ3v) is 14.4. The number of nitrogens with zero attached hydrogens (tertiary/aromatic N) is 4. The van der Waals surface area contributed by atoms with Crippen LogP contribution in [0.15, 0.2) is 170 Å². The summed E-state index contributed by atoms with van der Waals surface area (Å²) >= 11 is 0. The van der Waals surface area contributed by atoms with Gasteiger partial charge in [-0.3, -0.25) is 0 Å². The second kappa shape index (κ2) is 13.8. The van der Waals surface area contributed by atoms with Crippen molar-refractivity contribution in [1.82, 2.24) is 15.0 Å². The summed E-state index contributed by atoms with van der Waals surface area (Å²) in [4.78, 5) is 14.9. The minimum absolute atomic E-state index is 0.0633. The van der Waals surface area contributed by atoms with E-state index in [2.05, 4.69) is 91.0 Å². The summed E-state index contributed by atoms with van der Waals surface area (Å²) in [5.74, 6) is 5.11. The van der Waals surface area contributed by atoms with Gasteiger partial charge in [-0.2, -0.15) is 5.26 Å². The molecule has 4 nitrogen and oxygen atoms in total. The summed E-state index contributed by atoms with van der Waals surface area (Å²) in [6.07, 6.45) is 6.83. The highest BCUT2D eigenvalue weighted by Gasteiger charge is 2.61. The Morgan fingerprint density at radius 1 is 0.400 bits per heavy atom. The van der Waals surface area contributed by atoms with Crippen molar-refractivity contribution in [3.8, 4) is 84.7 Å². The maximum Gasteiger partial charge on any atom is 0.164 e. The highest BCUT2D eigenvalue weighted by atomic mass is 15.0. The minimum Gasteiger partial charge on any atom is -0.208 e. The molecule has 1 aromatic heterocycles.